The van der Waals surface area contributed by atoms with E-state index < -0.39 is 12.1 Å². The van der Waals surface area contributed by atoms with Crippen LogP contribution in [-0.4, -0.2) is 60.0 Å². The predicted octanol–water partition coefficient (Wildman–Crippen LogP) is 1.49. The van der Waals surface area contributed by atoms with Crippen molar-refractivity contribution in [2.75, 3.05) is 32.1 Å². The molecule has 1 heterocycles. The van der Waals surface area contributed by atoms with Gasteiger partial charge in [-0.05, 0) is 31.2 Å². The lowest BCUT2D eigenvalue weighted by Gasteiger charge is -2.30. The van der Waals surface area contributed by atoms with Crippen molar-refractivity contribution in [3.63, 3.8) is 0 Å². The number of carboxylic acid groups (broad SMARTS) is 1. The molecular formula is C15H19NO5S. The summed E-state index contributed by atoms with van der Waals surface area (Å²) in [6, 6.07) is 7.54. The standard InChI is InChI=1S/C15H19NO5S/c1-2-20-11-3-5-12(6-4-11)22-10-14(17)16-7-8-21-13(9-16)15(18)19/h3-6,13H,2,7-10H2,1H3,(H,18,19). The second-order valence-corrected chi connectivity index (χ2v) is 5.78. The molecule has 0 bridgehead atoms. The van der Waals surface area contributed by atoms with Crippen LogP contribution in [-0.2, 0) is 14.3 Å². The largest absolute Gasteiger partial charge is 0.494 e. The number of benzene rings is 1. The maximum Gasteiger partial charge on any atom is 0.334 e. The molecule has 1 aliphatic rings. The summed E-state index contributed by atoms with van der Waals surface area (Å²) in [5.74, 6) is -0.0268. The van der Waals surface area contributed by atoms with Gasteiger partial charge in [-0.3, -0.25) is 4.79 Å². The van der Waals surface area contributed by atoms with Gasteiger partial charge in [-0.15, -0.1) is 11.8 Å². The molecule has 120 valence electrons. The number of carbonyl (C=O) groups excluding carboxylic acids is 1. The molecule has 0 aliphatic carbocycles. The summed E-state index contributed by atoms with van der Waals surface area (Å²) in [5.41, 5.74) is 0. The van der Waals surface area contributed by atoms with Crippen LogP contribution < -0.4 is 4.74 Å². The fraction of sp³-hybridized carbons (Fsp3) is 0.467. The van der Waals surface area contributed by atoms with Crippen molar-refractivity contribution >= 4 is 23.6 Å². The molecule has 1 aromatic rings. The molecular weight excluding hydrogens is 306 g/mol. The van der Waals surface area contributed by atoms with Crippen molar-refractivity contribution in [1.29, 1.82) is 0 Å². The SMILES string of the molecule is CCOc1ccc(SCC(=O)N2CCOC(C(=O)O)C2)cc1. The zero-order chi connectivity index (χ0) is 15.9. The summed E-state index contributed by atoms with van der Waals surface area (Å²) in [6.07, 6.45) is -0.923. The minimum atomic E-state index is -1.03. The molecule has 2 rings (SSSR count). The third-order valence-electron chi connectivity index (χ3n) is 3.19. The second-order valence-electron chi connectivity index (χ2n) is 4.73. The van der Waals surface area contributed by atoms with Gasteiger partial charge in [0.1, 0.15) is 5.75 Å². The number of morpholine rings is 1. The minimum Gasteiger partial charge on any atom is -0.494 e. The van der Waals surface area contributed by atoms with Crippen molar-refractivity contribution < 1.29 is 24.2 Å². The van der Waals surface area contributed by atoms with E-state index >= 15 is 0 Å². The van der Waals surface area contributed by atoms with E-state index in [2.05, 4.69) is 0 Å². The Labute approximate surface area is 133 Å². The van der Waals surface area contributed by atoms with Crippen LogP contribution in [0.5, 0.6) is 5.75 Å². The van der Waals surface area contributed by atoms with Gasteiger partial charge in [0.05, 0.1) is 25.5 Å². The topological polar surface area (TPSA) is 76.1 Å². The quantitative estimate of drug-likeness (QED) is 0.799. The molecule has 1 saturated heterocycles. The Balaban J connectivity index is 1.83. The van der Waals surface area contributed by atoms with Gasteiger partial charge in [0.25, 0.3) is 0 Å². The Morgan fingerprint density at radius 1 is 1.41 bits per heavy atom. The number of hydrogen-bond acceptors (Lipinski definition) is 5. The molecule has 7 heteroatoms. The lowest BCUT2D eigenvalue weighted by Crippen LogP contribution is -2.49. The Hall–Kier alpha value is -1.73. The van der Waals surface area contributed by atoms with Gasteiger partial charge >= 0.3 is 5.97 Å². The van der Waals surface area contributed by atoms with Crippen molar-refractivity contribution in [1.82, 2.24) is 4.90 Å². The first-order chi connectivity index (χ1) is 10.6. The van der Waals surface area contributed by atoms with Crippen LogP contribution in [0.3, 0.4) is 0 Å². The van der Waals surface area contributed by atoms with Crippen molar-refractivity contribution in [2.24, 2.45) is 0 Å². The first-order valence-electron chi connectivity index (χ1n) is 7.08. The van der Waals surface area contributed by atoms with Gasteiger partial charge in [0, 0.05) is 11.4 Å². The van der Waals surface area contributed by atoms with Crippen molar-refractivity contribution in [3.8, 4) is 5.75 Å². The molecule has 1 N–H and O–H groups in total. The number of aliphatic carboxylic acids is 1. The third-order valence-corrected chi connectivity index (χ3v) is 4.19. The summed E-state index contributed by atoms with van der Waals surface area (Å²) >= 11 is 1.42. The summed E-state index contributed by atoms with van der Waals surface area (Å²) in [7, 11) is 0. The molecule has 6 nitrogen and oxygen atoms in total. The monoisotopic (exact) mass is 325 g/mol. The Kier molecular flexibility index (Phi) is 6.09. The molecule has 22 heavy (non-hydrogen) atoms. The van der Waals surface area contributed by atoms with Gasteiger partial charge in [-0.1, -0.05) is 0 Å². The zero-order valence-corrected chi connectivity index (χ0v) is 13.2. The van der Waals surface area contributed by atoms with Gasteiger partial charge in [-0.25, -0.2) is 4.79 Å². The normalized spacial score (nSPS) is 18.0. The van der Waals surface area contributed by atoms with Gasteiger partial charge in [0.15, 0.2) is 6.10 Å². The van der Waals surface area contributed by atoms with Crippen LogP contribution in [0.1, 0.15) is 6.92 Å². The Morgan fingerprint density at radius 3 is 2.77 bits per heavy atom. The van der Waals surface area contributed by atoms with Crippen LogP contribution in [0, 0.1) is 0 Å². The summed E-state index contributed by atoms with van der Waals surface area (Å²) in [5, 5.41) is 8.94. The van der Waals surface area contributed by atoms with E-state index in [1.807, 2.05) is 31.2 Å². The maximum atomic E-state index is 12.1. The first-order valence-corrected chi connectivity index (χ1v) is 8.06. The third kappa shape index (κ3) is 4.64. The van der Waals surface area contributed by atoms with Gasteiger partial charge < -0.3 is 19.5 Å². The number of rotatable bonds is 6. The number of ether oxygens (including phenoxy) is 2. The second kappa shape index (κ2) is 8.05. The molecule has 0 spiro atoms. The van der Waals surface area contributed by atoms with Crippen LogP contribution in [0.4, 0.5) is 0 Å². The van der Waals surface area contributed by atoms with E-state index in [1.165, 1.54) is 11.8 Å². The van der Waals surface area contributed by atoms with Crippen LogP contribution in [0.25, 0.3) is 0 Å². The van der Waals surface area contributed by atoms with Gasteiger partial charge in [0.2, 0.25) is 5.91 Å². The molecule has 1 aliphatic heterocycles. The fourth-order valence-corrected chi connectivity index (χ4v) is 2.86. The molecule has 1 atom stereocenters. The molecule has 1 amide bonds. The smallest absolute Gasteiger partial charge is 0.334 e. The summed E-state index contributed by atoms with van der Waals surface area (Å²) < 4.78 is 10.5. The highest BCUT2D eigenvalue weighted by atomic mass is 32.2. The van der Waals surface area contributed by atoms with E-state index in [0.29, 0.717) is 13.2 Å². The fourth-order valence-electron chi connectivity index (χ4n) is 2.06. The van der Waals surface area contributed by atoms with Crippen LogP contribution >= 0.6 is 11.8 Å². The molecule has 0 saturated carbocycles. The van der Waals surface area contributed by atoms with Crippen molar-refractivity contribution in [2.45, 2.75) is 17.9 Å². The van der Waals surface area contributed by atoms with Crippen LogP contribution in [0.2, 0.25) is 0 Å². The van der Waals surface area contributed by atoms with Gasteiger partial charge in [-0.2, -0.15) is 0 Å². The van der Waals surface area contributed by atoms with E-state index in [-0.39, 0.29) is 24.8 Å². The predicted molar refractivity (Wildman–Crippen MR) is 82.3 cm³/mol. The van der Waals surface area contributed by atoms with Crippen molar-refractivity contribution in [3.05, 3.63) is 24.3 Å². The van der Waals surface area contributed by atoms with E-state index in [9.17, 15) is 9.59 Å². The average Bonchev–Trinajstić information content (AvgIpc) is 2.54. The molecule has 1 unspecified atom stereocenters. The summed E-state index contributed by atoms with van der Waals surface area (Å²) in [4.78, 5) is 25.6. The Morgan fingerprint density at radius 2 is 2.14 bits per heavy atom. The summed E-state index contributed by atoms with van der Waals surface area (Å²) in [6.45, 7) is 3.35. The molecule has 0 radical (unpaired) electrons. The van der Waals surface area contributed by atoms with Crippen LogP contribution in [0.15, 0.2) is 29.2 Å². The lowest BCUT2D eigenvalue weighted by molar-refractivity contribution is -0.158. The number of carboxylic acids is 1. The van der Waals surface area contributed by atoms with E-state index in [1.54, 1.807) is 4.90 Å². The lowest BCUT2D eigenvalue weighted by atomic mass is 10.3. The maximum absolute atomic E-state index is 12.1. The highest BCUT2D eigenvalue weighted by molar-refractivity contribution is 8.00. The number of nitrogens with zero attached hydrogens (tertiary/aromatic N) is 1. The number of carbonyl (C=O) groups is 2. The molecule has 1 fully saturated rings. The average molecular weight is 325 g/mol. The Bertz CT molecular complexity index is 519. The zero-order valence-electron chi connectivity index (χ0n) is 12.4. The number of thioether (sulfide) groups is 1. The number of amides is 1. The molecule has 1 aromatic carbocycles. The molecule has 0 aromatic heterocycles. The minimum absolute atomic E-state index is 0.0755. The number of hydrogen-bond donors (Lipinski definition) is 1. The van der Waals surface area contributed by atoms with E-state index in [4.69, 9.17) is 14.6 Å². The first kappa shape index (κ1) is 16.6. The highest BCUT2D eigenvalue weighted by Crippen LogP contribution is 2.22. The highest BCUT2D eigenvalue weighted by Gasteiger charge is 2.28. The van der Waals surface area contributed by atoms with E-state index in [0.717, 1.165) is 10.6 Å².